The molecule has 1 aliphatic heterocycles. The van der Waals surface area contributed by atoms with E-state index in [1.807, 2.05) is 13.8 Å². The largest absolute Gasteiger partial charge is 0.306 e. The van der Waals surface area contributed by atoms with Crippen molar-refractivity contribution in [2.24, 2.45) is 5.92 Å². The Kier molecular flexibility index (Phi) is 11.5. The predicted molar refractivity (Wildman–Crippen MR) is 80.0 cm³/mol. The Morgan fingerprint density at radius 1 is 0.889 bits per heavy atom. The lowest BCUT2D eigenvalue weighted by Gasteiger charge is -2.26. The standard InChI is InChI=1S/C8H15NO.C6H12.C2H6/c1-7(10)8-3-5-9(2)6-4-8;1-2-4-6-5-3-1;1-2/h8H,3-6H2,1-2H3;1-6H2;1-2H3. The van der Waals surface area contributed by atoms with Crippen molar-refractivity contribution in [3.8, 4) is 0 Å². The number of nitrogens with zero attached hydrogens (tertiary/aromatic N) is 1. The number of hydrogen-bond acceptors (Lipinski definition) is 2. The van der Waals surface area contributed by atoms with Crippen LogP contribution in [-0.4, -0.2) is 30.8 Å². The molecule has 2 nitrogen and oxygen atoms in total. The molecule has 1 heterocycles. The van der Waals surface area contributed by atoms with Crippen molar-refractivity contribution < 1.29 is 4.79 Å². The van der Waals surface area contributed by atoms with E-state index in [2.05, 4.69) is 11.9 Å². The molecule has 0 spiro atoms. The first-order chi connectivity index (χ1) is 8.70. The van der Waals surface area contributed by atoms with Crippen LogP contribution in [0.15, 0.2) is 0 Å². The molecule has 0 aromatic rings. The fourth-order valence-corrected chi connectivity index (χ4v) is 2.48. The lowest BCUT2D eigenvalue weighted by molar-refractivity contribution is -0.121. The number of ketones is 1. The summed E-state index contributed by atoms with van der Waals surface area (Å²) in [4.78, 5) is 13.2. The van der Waals surface area contributed by atoms with Crippen LogP contribution in [0.2, 0.25) is 0 Å². The summed E-state index contributed by atoms with van der Waals surface area (Å²) in [7, 11) is 2.11. The maximum absolute atomic E-state index is 10.9. The van der Waals surface area contributed by atoms with E-state index >= 15 is 0 Å². The fourth-order valence-electron chi connectivity index (χ4n) is 2.48. The third-order valence-corrected chi connectivity index (χ3v) is 3.79. The van der Waals surface area contributed by atoms with E-state index in [0.717, 1.165) is 25.9 Å². The van der Waals surface area contributed by atoms with Gasteiger partial charge in [-0.1, -0.05) is 52.4 Å². The van der Waals surface area contributed by atoms with Crippen LogP contribution in [0.4, 0.5) is 0 Å². The topological polar surface area (TPSA) is 20.3 Å². The van der Waals surface area contributed by atoms with Crippen molar-refractivity contribution in [3.63, 3.8) is 0 Å². The van der Waals surface area contributed by atoms with Gasteiger partial charge in [0.2, 0.25) is 0 Å². The Labute approximate surface area is 114 Å². The summed E-state index contributed by atoms with van der Waals surface area (Å²) in [5.41, 5.74) is 0. The summed E-state index contributed by atoms with van der Waals surface area (Å²) < 4.78 is 0. The molecule has 108 valence electrons. The first-order valence-corrected chi connectivity index (χ1v) is 7.89. The van der Waals surface area contributed by atoms with Crippen LogP contribution in [-0.2, 0) is 4.79 Å². The zero-order valence-electron chi connectivity index (χ0n) is 13.0. The van der Waals surface area contributed by atoms with Crippen molar-refractivity contribution in [1.82, 2.24) is 4.90 Å². The van der Waals surface area contributed by atoms with Gasteiger partial charge in [-0.2, -0.15) is 0 Å². The highest BCUT2D eigenvalue weighted by Gasteiger charge is 2.19. The van der Waals surface area contributed by atoms with Crippen molar-refractivity contribution in [3.05, 3.63) is 0 Å². The Balaban J connectivity index is 0.000000308. The van der Waals surface area contributed by atoms with Gasteiger partial charge in [0.1, 0.15) is 5.78 Å². The van der Waals surface area contributed by atoms with E-state index in [9.17, 15) is 4.79 Å². The van der Waals surface area contributed by atoms with Crippen LogP contribution in [0.1, 0.15) is 72.1 Å². The molecule has 0 N–H and O–H groups in total. The normalized spacial score (nSPS) is 21.1. The second-order valence-corrected chi connectivity index (χ2v) is 5.31. The zero-order valence-corrected chi connectivity index (χ0v) is 13.0. The van der Waals surface area contributed by atoms with E-state index in [0.29, 0.717) is 11.7 Å². The van der Waals surface area contributed by atoms with Crippen LogP contribution >= 0.6 is 0 Å². The highest BCUT2D eigenvalue weighted by molar-refractivity contribution is 5.78. The molecule has 2 heteroatoms. The molecule has 2 rings (SSSR count). The van der Waals surface area contributed by atoms with E-state index in [4.69, 9.17) is 0 Å². The molecule has 0 amide bonds. The molecule has 0 bridgehead atoms. The van der Waals surface area contributed by atoms with Crippen molar-refractivity contribution in [2.45, 2.75) is 72.1 Å². The molecule has 0 atom stereocenters. The predicted octanol–water partition coefficient (Wildman–Crippen LogP) is 4.28. The maximum Gasteiger partial charge on any atom is 0.133 e. The highest BCUT2D eigenvalue weighted by Crippen LogP contribution is 2.16. The average Bonchev–Trinajstić information content (AvgIpc) is 2.44. The third-order valence-electron chi connectivity index (χ3n) is 3.79. The zero-order chi connectivity index (χ0) is 13.8. The number of rotatable bonds is 1. The number of likely N-dealkylation sites (tertiary alicyclic amines) is 1. The molecule has 0 radical (unpaired) electrons. The summed E-state index contributed by atoms with van der Waals surface area (Å²) in [5.74, 6) is 0.726. The minimum absolute atomic E-state index is 0.358. The van der Waals surface area contributed by atoms with E-state index in [-0.39, 0.29) is 0 Å². The molecule has 0 aromatic carbocycles. The molecule has 1 saturated carbocycles. The molecule has 0 unspecified atom stereocenters. The lowest BCUT2D eigenvalue weighted by Crippen LogP contribution is -2.32. The summed E-state index contributed by atoms with van der Waals surface area (Å²) in [6, 6.07) is 0. The fraction of sp³-hybridized carbons (Fsp3) is 0.938. The molecule has 1 aliphatic carbocycles. The van der Waals surface area contributed by atoms with E-state index in [1.54, 1.807) is 6.92 Å². The average molecular weight is 255 g/mol. The van der Waals surface area contributed by atoms with Crippen molar-refractivity contribution >= 4 is 5.78 Å². The van der Waals surface area contributed by atoms with Gasteiger partial charge in [-0.25, -0.2) is 0 Å². The molecule has 0 aromatic heterocycles. The summed E-state index contributed by atoms with van der Waals surface area (Å²) >= 11 is 0. The quantitative estimate of drug-likeness (QED) is 0.697. The van der Waals surface area contributed by atoms with Crippen LogP contribution in [0.3, 0.4) is 0 Å². The van der Waals surface area contributed by atoms with Gasteiger partial charge in [-0.15, -0.1) is 0 Å². The SMILES string of the molecule is C1CCCCC1.CC.CC(=O)C1CCN(C)CC1. The molecular formula is C16H33NO. The van der Waals surface area contributed by atoms with Crippen LogP contribution in [0.5, 0.6) is 0 Å². The second-order valence-electron chi connectivity index (χ2n) is 5.31. The second kappa shape index (κ2) is 11.7. The Hall–Kier alpha value is -0.370. The first-order valence-electron chi connectivity index (χ1n) is 7.89. The van der Waals surface area contributed by atoms with Gasteiger partial charge in [0.05, 0.1) is 0 Å². The smallest absolute Gasteiger partial charge is 0.133 e. The van der Waals surface area contributed by atoms with Gasteiger partial charge in [-0.05, 0) is 39.9 Å². The third kappa shape index (κ3) is 8.68. The first kappa shape index (κ1) is 17.6. The number of carbonyl (C=O) groups excluding carboxylic acids is 1. The maximum atomic E-state index is 10.9. The van der Waals surface area contributed by atoms with Gasteiger partial charge in [0.15, 0.2) is 0 Å². The van der Waals surface area contributed by atoms with Crippen molar-refractivity contribution in [1.29, 1.82) is 0 Å². The van der Waals surface area contributed by atoms with Crippen molar-refractivity contribution in [2.75, 3.05) is 20.1 Å². The van der Waals surface area contributed by atoms with Gasteiger partial charge in [-0.3, -0.25) is 4.79 Å². The molecule has 1 saturated heterocycles. The molecule has 2 fully saturated rings. The van der Waals surface area contributed by atoms with E-state index in [1.165, 1.54) is 38.5 Å². The molecule has 2 aliphatic rings. The Bertz CT molecular complexity index is 180. The summed E-state index contributed by atoms with van der Waals surface area (Å²) in [5, 5.41) is 0. The number of Topliss-reactive ketones (excluding diaryl/α,β-unsaturated/α-hetero) is 1. The minimum atomic E-state index is 0.358. The Morgan fingerprint density at radius 3 is 1.50 bits per heavy atom. The monoisotopic (exact) mass is 255 g/mol. The number of carbonyl (C=O) groups is 1. The van der Waals surface area contributed by atoms with Gasteiger partial charge >= 0.3 is 0 Å². The van der Waals surface area contributed by atoms with Crippen LogP contribution in [0.25, 0.3) is 0 Å². The minimum Gasteiger partial charge on any atom is -0.306 e. The molecule has 18 heavy (non-hydrogen) atoms. The van der Waals surface area contributed by atoms with Crippen LogP contribution in [0, 0.1) is 5.92 Å². The summed E-state index contributed by atoms with van der Waals surface area (Å²) in [6.07, 6.45) is 11.1. The number of hydrogen-bond donors (Lipinski definition) is 0. The van der Waals surface area contributed by atoms with Gasteiger partial charge in [0.25, 0.3) is 0 Å². The highest BCUT2D eigenvalue weighted by atomic mass is 16.1. The number of piperidine rings is 1. The van der Waals surface area contributed by atoms with Crippen LogP contribution < -0.4 is 0 Å². The lowest BCUT2D eigenvalue weighted by atomic mass is 9.94. The van der Waals surface area contributed by atoms with Gasteiger partial charge < -0.3 is 4.90 Å². The van der Waals surface area contributed by atoms with Gasteiger partial charge in [0, 0.05) is 5.92 Å². The van der Waals surface area contributed by atoms with E-state index < -0.39 is 0 Å². The summed E-state index contributed by atoms with van der Waals surface area (Å²) in [6.45, 7) is 7.88. The Morgan fingerprint density at radius 2 is 1.22 bits per heavy atom. The molecular weight excluding hydrogens is 222 g/mol.